The lowest BCUT2D eigenvalue weighted by atomic mass is 10.4. The first-order valence-electron chi connectivity index (χ1n) is 5.54. The number of aromatic nitrogens is 3. The number of nitrogens with zero attached hydrogens (tertiary/aromatic N) is 3. The van der Waals surface area contributed by atoms with Gasteiger partial charge in [-0.05, 0) is 6.07 Å². The highest BCUT2D eigenvalue weighted by molar-refractivity contribution is 7.89. The molecule has 0 aliphatic rings. The van der Waals surface area contributed by atoms with Crippen molar-refractivity contribution in [2.45, 2.75) is 17.9 Å². The zero-order chi connectivity index (χ0) is 13.9. The Balaban J connectivity index is 1.94. The summed E-state index contributed by atoms with van der Waals surface area (Å²) in [6, 6.07) is 1.46. The van der Waals surface area contributed by atoms with Gasteiger partial charge in [0.25, 0.3) is 0 Å². The van der Waals surface area contributed by atoms with Crippen molar-refractivity contribution in [1.82, 2.24) is 19.5 Å². The maximum Gasteiger partial charge on any atom is 0.241 e. The number of aryl methyl sites for hydroxylation is 1. The largest absolute Gasteiger partial charge is 0.391 e. The molecule has 0 fully saturated rings. The minimum atomic E-state index is -3.53. The van der Waals surface area contributed by atoms with E-state index in [-0.39, 0.29) is 18.0 Å². The van der Waals surface area contributed by atoms with Crippen molar-refractivity contribution in [2.75, 3.05) is 6.54 Å². The lowest BCUT2D eigenvalue weighted by molar-refractivity contribution is 0.285. The van der Waals surface area contributed by atoms with Crippen LogP contribution in [0.2, 0.25) is 0 Å². The highest BCUT2D eigenvalue weighted by Crippen LogP contribution is 2.18. The number of hydrogen-bond acceptors (Lipinski definition) is 6. The zero-order valence-corrected chi connectivity index (χ0v) is 11.9. The van der Waals surface area contributed by atoms with Gasteiger partial charge in [0.15, 0.2) is 5.82 Å². The standard InChI is InChI=1S/C10H14N4O3S2/c1-14-7-11-10(13-14)2-3-12-19(16,17)9-4-8(5-15)18-6-9/h4,6-7,12,15H,2-3,5H2,1H3. The number of thiophene rings is 1. The van der Waals surface area contributed by atoms with Gasteiger partial charge in [0.05, 0.1) is 11.5 Å². The second-order valence-corrected chi connectivity index (χ2v) is 6.65. The molecule has 9 heteroatoms. The predicted octanol–water partition coefficient (Wildman–Crippen LogP) is -0.110. The Kier molecular flexibility index (Phi) is 4.30. The first-order chi connectivity index (χ1) is 9.01. The van der Waals surface area contributed by atoms with E-state index >= 15 is 0 Å². The lowest BCUT2D eigenvalue weighted by Crippen LogP contribution is -2.25. The quantitative estimate of drug-likeness (QED) is 0.776. The van der Waals surface area contributed by atoms with Gasteiger partial charge in [-0.2, -0.15) is 5.10 Å². The van der Waals surface area contributed by atoms with Gasteiger partial charge < -0.3 is 5.11 Å². The van der Waals surface area contributed by atoms with E-state index in [1.54, 1.807) is 18.1 Å². The van der Waals surface area contributed by atoms with Gasteiger partial charge in [-0.15, -0.1) is 11.3 Å². The molecule has 0 atom stereocenters. The Morgan fingerprint density at radius 2 is 2.32 bits per heavy atom. The third kappa shape index (κ3) is 3.60. The zero-order valence-electron chi connectivity index (χ0n) is 10.3. The first kappa shape index (κ1) is 14.1. The molecule has 0 aliphatic carbocycles. The Hall–Kier alpha value is -1.29. The third-order valence-electron chi connectivity index (χ3n) is 2.38. The van der Waals surface area contributed by atoms with Crippen LogP contribution < -0.4 is 4.72 Å². The fourth-order valence-corrected chi connectivity index (χ4v) is 3.63. The molecule has 0 aliphatic heterocycles. The molecule has 19 heavy (non-hydrogen) atoms. The van der Waals surface area contributed by atoms with Crippen molar-refractivity contribution in [1.29, 1.82) is 0 Å². The molecule has 7 nitrogen and oxygen atoms in total. The Morgan fingerprint density at radius 1 is 1.53 bits per heavy atom. The number of aliphatic hydroxyl groups is 1. The van der Waals surface area contributed by atoms with Gasteiger partial charge in [-0.3, -0.25) is 4.68 Å². The Morgan fingerprint density at radius 3 is 2.89 bits per heavy atom. The minimum absolute atomic E-state index is 0.155. The average Bonchev–Trinajstić information content (AvgIpc) is 2.98. The molecule has 2 rings (SSSR count). The van der Waals surface area contributed by atoms with E-state index in [0.29, 0.717) is 17.1 Å². The summed E-state index contributed by atoms with van der Waals surface area (Å²) in [6.07, 6.45) is 1.99. The van der Waals surface area contributed by atoms with E-state index in [1.165, 1.54) is 22.8 Å². The SMILES string of the molecule is Cn1cnc(CCNS(=O)(=O)c2csc(CO)c2)n1. The molecule has 0 aromatic carbocycles. The first-order valence-corrected chi connectivity index (χ1v) is 7.90. The molecular formula is C10H14N4O3S2. The fraction of sp³-hybridized carbons (Fsp3) is 0.400. The molecule has 0 saturated heterocycles. The van der Waals surface area contributed by atoms with Gasteiger partial charge in [-0.1, -0.05) is 0 Å². The summed E-state index contributed by atoms with van der Waals surface area (Å²) in [5.74, 6) is 0.589. The highest BCUT2D eigenvalue weighted by Gasteiger charge is 2.15. The van der Waals surface area contributed by atoms with E-state index < -0.39 is 10.0 Å². The summed E-state index contributed by atoms with van der Waals surface area (Å²) in [4.78, 5) is 4.81. The molecule has 2 N–H and O–H groups in total. The van der Waals surface area contributed by atoms with E-state index in [0.717, 1.165) is 0 Å². The van der Waals surface area contributed by atoms with Crippen molar-refractivity contribution >= 4 is 21.4 Å². The molecule has 0 spiro atoms. The molecular weight excluding hydrogens is 288 g/mol. The van der Waals surface area contributed by atoms with Crippen molar-refractivity contribution in [3.8, 4) is 0 Å². The summed E-state index contributed by atoms with van der Waals surface area (Å²) < 4.78 is 27.9. The minimum Gasteiger partial charge on any atom is -0.391 e. The molecule has 0 saturated carbocycles. The maximum atomic E-state index is 11.9. The fourth-order valence-electron chi connectivity index (χ4n) is 1.46. The van der Waals surface area contributed by atoms with E-state index in [2.05, 4.69) is 14.8 Å². The second kappa shape index (κ2) is 5.78. The number of sulfonamides is 1. The summed E-state index contributed by atoms with van der Waals surface area (Å²) in [5, 5.41) is 14.5. The van der Waals surface area contributed by atoms with E-state index in [9.17, 15) is 8.42 Å². The Bertz CT molecular complexity index is 647. The van der Waals surface area contributed by atoms with Gasteiger partial charge >= 0.3 is 0 Å². The van der Waals surface area contributed by atoms with Crippen LogP contribution in [0.5, 0.6) is 0 Å². The Labute approximate surface area is 115 Å². The summed E-state index contributed by atoms with van der Waals surface area (Å²) in [6.45, 7) is 0.0781. The predicted molar refractivity (Wildman–Crippen MR) is 70.1 cm³/mol. The molecule has 0 bridgehead atoms. The molecule has 2 heterocycles. The molecule has 104 valence electrons. The van der Waals surface area contributed by atoms with E-state index in [1.807, 2.05) is 0 Å². The molecule has 0 radical (unpaired) electrons. The topological polar surface area (TPSA) is 97.1 Å². The maximum absolute atomic E-state index is 11.9. The highest BCUT2D eigenvalue weighted by atomic mass is 32.2. The van der Waals surface area contributed by atoms with Crippen LogP contribution >= 0.6 is 11.3 Å². The summed E-state index contributed by atoms with van der Waals surface area (Å²) in [5.41, 5.74) is 0. The van der Waals surface area contributed by atoms with Crippen molar-refractivity contribution in [3.05, 3.63) is 28.5 Å². The number of nitrogens with one attached hydrogen (secondary N) is 1. The monoisotopic (exact) mass is 302 g/mol. The number of hydrogen-bond donors (Lipinski definition) is 2. The van der Waals surface area contributed by atoms with Crippen molar-refractivity contribution < 1.29 is 13.5 Å². The van der Waals surface area contributed by atoms with Crippen LogP contribution in [0.4, 0.5) is 0 Å². The second-order valence-electron chi connectivity index (χ2n) is 3.89. The lowest BCUT2D eigenvalue weighted by Gasteiger charge is -2.02. The number of rotatable bonds is 6. The van der Waals surface area contributed by atoms with Crippen LogP contribution in [0.3, 0.4) is 0 Å². The third-order valence-corrected chi connectivity index (χ3v) is 4.89. The smallest absolute Gasteiger partial charge is 0.241 e. The van der Waals surface area contributed by atoms with Gasteiger partial charge in [0.1, 0.15) is 6.33 Å². The summed E-state index contributed by atoms with van der Waals surface area (Å²) in [7, 11) is -1.77. The van der Waals surface area contributed by atoms with Crippen LogP contribution in [-0.4, -0.2) is 34.8 Å². The molecule has 2 aromatic heterocycles. The normalized spacial score (nSPS) is 11.9. The molecule has 0 amide bonds. The van der Waals surface area contributed by atoms with Crippen molar-refractivity contribution in [3.63, 3.8) is 0 Å². The van der Waals surface area contributed by atoms with Crippen LogP contribution in [0.25, 0.3) is 0 Å². The van der Waals surface area contributed by atoms with E-state index in [4.69, 9.17) is 5.11 Å². The van der Waals surface area contributed by atoms with Crippen LogP contribution in [-0.2, 0) is 30.1 Å². The molecule has 0 unspecified atom stereocenters. The molecule has 2 aromatic rings. The summed E-state index contributed by atoms with van der Waals surface area (Å²) >= 11 is 1.21. The number of aliphatic hydroxyl groups excluding tert-OH is 1. The van der Waals surface area contributed by atoms with Crippen molar-refractivity contribution in [2.24, 2.45) is 7.05 Å². The van der Waals surface area contributed by atoms with Gasteiger partial charge in [0, 0.05) is 30.3 Å². The van der Waals surface area contributed by atoms with Gasteiger partial charge in [-0.25, -0.2) is 18.1 Å². The van der Waals surface area contributed by atoms with Gasteiger partial charge in [0.2, 0.25) is 10.0 Å². The average molecular weight is 302 g/mol. The van der Waals surface area contributed by atoms with Crippen LogP contribution in [0.1, 0.15) is 10.7 Å². The van der Waals surface area contributed by atoms with Crippen LogP contribution in [0.15, 0.2) is 22.7 Å². The van der Waals surface area contributed by atoms with Crippen LogP contribution in [0, 0.1) is 0 Å².